The summed E-state index contributed by atoms with van der Waals surface area (Å²) in [5, 5.41) is 0. The van der Waals surface area contributed by atoms with Crippen molar-refractivity contribution in [2.75, 3.05) is 32.2 Å². The van der Waals surface area contributed by atoms with Crippen LogP contribution in [0, 0.1) is 0 Å². The zero-order valence-electron chi connectivity index (χ0n) is 17.2. The molecule has 0 radical (unpaired) electrons. The second kappa shape index (κ2) is 10.8. The van der Waals surface area contributed by atoms with Crippen LogP contribution < -0.4 is 25.2 Å². The smallest absolute Gasteiger partial charge is 0.269 e. The zero-order valence-corrected chi connectivity index (χ0v) is 17.2. The second-order valence-corrected chi connectivity index (χ2v) is 6.08. The van der Waals surface area contributed by atoms with E-state index in [9.17, 15) is 9.59 Å². The molecule has 0 atom stereocenters. The third-order valence-electron chi connectivity index (χ3n) is 4.40. The van der Waals surface area contributed by atoms with Gasteiger partial charge in [0.05, 0.1) is 14.2 Å². The molecule has 0 heterocycles. The number of para-hydroxylation sites is 1. The molecule has 29 heavy (non-hydrogen) atoms. The lowest BCUT2D eigenvalue weighted by Crippen LogP contribution is -2.40. The lowest BCUT2D eigenvalue weighted by atomic mass is 10.1. The lowest BCUT2D eigenvalue weighted by Gasteiger charge is -2.21. The molecule has 0 aliphatic rings. The molecule has 0 saturated heterocycles. The average Bonchev–Trinajstić information content (AvgIpc) is 2.76. The van der Waals surface area contributed by atoms with Gasteiger partial charge in [-0.25, -0.2) is 0 Å². The van der Waals surface area contributed by atoms with Gasteiger partial charge < -0.3 is 14.4 Å². The SMILES string of the molecule is CCN(CC)c1ccc(C(=O)NNC(=O)/C=C/c2cccc(OC)c2OC)cc1. The molecule has 0 aromatic heterocycles. The van der Waals surface area contributed by atoms with Crippen molar-refractivity contribution in [3.05, 3.63) is 59.7 Å². The first-order valence-corrected chi connectivity index (χ1v) is 9.38. The van der Waals surface area contributed by atoms with Crippen molar-refractivity contribution in [2.24, 2.45) is 0 Å². The number of rotatable bonds is 8. The Morgan fingerprint density at radius 1 is 0.966 bits per heavy atom. The molecule has 0 unspecified atom stereocenters. The number of ether oxygens (including phenoxy) is 2. The van der Waals surface area contributed by atoms with Crippen LogP contribution in [0.3, 0.4) is 0 Å². The summed E-state index contributed by atoms with van der Waals surface area (Å²) in [4.78, 5) is 26.4. The van der Waals surface area contributed by atoms with Crippen LogP contribution in [0.15, 0.2) is 48.5 Å². The van der Waals surface area contributed by atoms with E-state index < -0.39 is 11.8 Å². The molecular weight excluding hydrogens is 370 g/mol. The molecule has 7 heteroatoms. The number of anilines is 1. The van der Waals surface area contributed by atoms with Gasteiger partial charge in [-0.05, 0) is 50.3 Å². The predicted molar refractivity (Wildman–Crippen MR) is 114 cm³/mol. The van der Waals surface area contributed by atoms with E-state index in [1.165, 1.54) is 13.2 Å². The number of nitrogens with one attached hydrogen (secondary N) is 2. The summed E-state index contributed by atoms with van der Waals surface area (Å²) >= 11 is 0. The Kier molecular flexibility index (Phi) is 8.09. The third kappa shape index (κ3) is 5.75. The van der Waals surface area contributed by atoms with Gasteiger partial charge in [-0.15, -0.1) is 0 Å². The molecule has 0 spiro atoms. The Labute approximate surface area is 171 Å². The van der Waals surface area contributed by atoms with E-state index in [0.717, 1.165) is 18.8 Å². The fraction of sp³-hybridized carbons (Fsp3) is 0.273. The van der Waals surface area contributed by atoms with Crippen molar-refractivity contribution >= 4 is 23.6 Å². The Morgan fingerprint density at radius 3 is 2.24 bits per heavy atom. The van der Waals surface area contributed by atoms with Crippen molar-refractivity contribution in [1.29, 1.82) is 0 Å². The molecule has 2 aromatic rings. The number of benzene rings is 2. The van der Waals surface area contributed by atoms with Crippen LogP contribution in [0.25, 0.3) is 6.08 Å². The summed E-state index contributed by atoms with van der Waals surface area (Å²) < 4.78 is 10.5. The Morgan fingerprint density at radius 2 is 1.66 bits per heavy atom. The van der Waals surface area contributed by atoms with E-state index in [2.05, 4.69) is 29.6 Å². The van der Waals surface area contributed by atoms with Crippen molar-refractivity contribution in [3.63, 3.8) is 0 Å². The summed E-state index contributed by atoms with van der Waals surface area (Å²) in [6.45, 7) is 5.94. The maximum absolute atomic E-state index is 12.2. The Hall–Kier alpha value is -3.48. The molecule has 2 rings (SSSR count). The quantitative estimate of drug-likeness (QED) is 0.529. The molecule has 7 nitrogen and oxygen atoms in total. The summed E-state index contributed by atoms with van der Waals surface area (Å²) in [6, 6.07) is 12.6. The first-order chi connectivity index (χ1) is 14.0. The van der Waals surface area contributed by atoms with Crippen LogP contribution in [-0.2, 0) is 4.79 Å². The largest absolute Gasteiger partial charge is 0.493 e. The number of amides is 2. The molecule has 2 N–H and O–H groups in total. The molecule has 2 aromatic carbocycles. The van der Waals surface area contributed by atoms with Gasteiger partial charge in [0.15, 0.2) is 11.5 Å². The number of hydrogen-bond acceptors (Lipinski definition) is 5. The van der Waals surface area contributed by atoms with Gasteiger partial charge >= 0.3 is 0 Å². The van der Waals surface area contributed by atoms with Crippen LogP contribution in [0.2, 0.25) is 0 Å². The number of hydrogen-bond donors (Lipinski definition) is 2. The summed E-state index contributed by atoms with van der Waals surface area (Å²) in [6.07, 6.45) is 2.89. The van der Waals surface area contributed by atoms with Crippen LogP contribution in [0.5, 0.6) is 11.5 Å². The highest BCUT2D eigenvalue weighted by Crippen LogP contribution is 2.31. The van der Waals surface area contributed by atoms with Crippen molar-refractivity contribution in [1.82, 2.24) is 10.9 Å². The summed E-state index contributed by atoms with van der Waals surface area (Å²) in [7, 11) is 3.07. The molecule has 0 aliphatic carbocycles. The molecule has 154 valence electrons. The van der Waals surface area contributed by atoms with Gasteiger partial charge in [-0.2, -0.15) is 0 Å². The predicted octanol–water partition coefficient (Wildman–Crippen LogP) is 3.02. The average molecular weight is 397 g/mol. The minimum atomic E-state index is -0.469. The standard InChI is InChI=1S/C22H27N3O4/c1-5-25(6-2)18-13-10-17(11-14-18)22(27)24-23-20(26)15-12-16-8-7-9-19(28-3)21(16)29-4/h7-15H,5-6H2,1-4H3,(H,23,26)(H,24,27)/b15-12+. The van der Waals surface area contributed by atoms with Crippen LogP contribution >= 0.6 is 0 Å². The minimum absolute atomic E-state index is 0.392. The Balaban J connectivity index is 1.95. The van der Waals surface area contributed by atoms with Gasteiger partial charge in [0.1, 0.15) is 0 Å². The zero-order chi connectivity index (χ0) is 21.2. The van der Waals surface area contributed by atoms with Gasteiger partial charge in [-0.3, -0.25) is 20.4 Å². The monoisotopic (exact) mass is 397 g/mol. The van der Waals surface area contributed by atoms with Crippen molar-refractivity contribution < 1.29 is 19.1 Å². The number of hydrazine groups is 1. The molecule has 0 aliphatic heterocycles. The summed E-state index contributed by atoms with van der Waals surface area (Å²) in [5.74, 6) is 0.229. The topological polar surface area (TPSA) is 79.9 Å². The van der Waals surface area contributed by atoms with Crippen LogP contribution in [0.4, 0.5) is 5.69 Å². The lowest BCUT2D eigenvalue weighted by molar-refractivity contribution is -0.117. The van der Waals surface area contributed by atoms with Crippen molar-refractivity contribution in [3.8, 4) is 11.5 Å². The second-order valence-electron chi connectivity index (χ2n) is 6.08. The van der Waals surface area contributed by atoms with E-state index in [1.54, 1.807) is 43.5 Å². The van der Waals surface area contributed by atoms with E-state index in [0.29, 0.717) is 22.6 Å². The Bertz CT molecular complexity index is 859. The highest BCUT2D eigenvalue weighted by Gasteiger charge is 2.09. The summed E-state index contributed by atoms with van der Waals surface area (Å²) in [5.41, 5.74) is 6.96. The number of methoxy groups -OCH3 is 2. The molecule has 0 fully saturated rings. The normalized spacial score (nSPS) is 10.5. The highest BCUT2D eigenvalue weighted by atomic mass is 16.5. The molecule has 0 saturated carbocycles. The molecule has 2 amide bonds. The van der Waals surface area contributed by atoms with E-state index in [-0.39, 0.29) is 0 Å². The highest BCUT2D eigenvalue weighted by molar-refractivity contribution is 5.98. The number of carbonyl (C=O) groups excluding carboxylic acids is 2. The number of carbonyl (C=O) groups is 2. The van der Waals surface area contributed by atoms with Gasteiger partial charge in [0.2, 0.25) is 0 Å². The van der Waals surface area contributed by atoms with Crippen molar-refractivity contribution in [2.45, 2.75) is 13.8 Å². The fourth-order valence-corrected chi connectivity index (χ4v) is 2.85. The number of nitrogens with zero attached hydrogens (tertiary/aromatic N) is 1. The van der Waals surface area contributed by atoms with E-state index in [1.807, 2.05) is 12.1 Å². The molecular formula is C22H27N3O4. The van der Waals surface area contributed by atoms with Gasteiger partial charge in [-0.1, -0.05) is 12.1 Å². The maximum atomic E-state index is 12.2. The maximum Gasteiger partial charge on any atom is 0.269 e. The first-order valence-electron chi connectivity index (χ1n) is 9.38. The van der Waals surface area contributed by atoms with E-state index >= 15 is 0 Å². The minimum Gasteiger partial charge on any atom is -0.493 e. The van der Waals surface area contributed by atoms with Crippen LogP contribution in [-0.4, -0.2) is 39.1 Å². The van der Waals surface area contributed by atoms with E-state index in [4.69, 9.17) is 9.47 Å². The van der Waals surface area contributed by atoms with Crippen LogP contribution in [0.1, 0.15) is 29.8 Å². The first kappa shape index (κ1) is 21.8. The van der Waals surface area contributed by atoms with Gasteiger partial charge in [0.25, 0.3) is 11.8 Å². The molecule has 0 bridgehead atoms. The fourth-order valence-electron chi connectivity index (χ4n) is 2.85. The van der Waals surface area contributed by atoms with Gasteiger partial charge in [0, 0.05) is 36.0 Å². The third-order valence-corrected chi connectivity index (χ3v) is 4.40.